The van der Waals surface area contributed by atoms with Crippen molar-refractivity contribution in [3.8, 4) is 11.5 Å². The molecule has 0 aliphatic heterocycles. The maximum Gasteiger partial charge on any atom is 0.216 e. The van der Waals surface area contributed by atoms with Crippen LogP contribution in [-0.2, 0) is 13.0 Å². The molecule has 32 heavy (non-hydrogen) atoms. The van der Waals surface area contributed by atoms with Crippen molar-refractivity contribution in [2.45, 2.75) is 13.0 Å². The second kappa shape index (κ2) is 10.0. The zero-order valence-electron chi connectivity index (χ0n) is 17.4. The van der Waals surface area contributed by atoms with Crippen LogP contribution in [0.3, 0.4) is 0 Å². The van der Waals surface area contributed by atoms with Gasteiger partial charge in [-0.15, -0.1) is 0 Å². The molecule has 3 aromatic carbocycles. The Balaban J connectivity index is 1.51. The van der Waals surface area contributed by atoms with Gasteiger partial charge in [0.1, 0.15) is 12.4 Å². The highest BCUT2D eigenvalue weighted by Gasteiger charge is 2.09. The van der Waals surface area contributed by atoms with Crippen LogP contribution < -0.4 is 9.47 Å². The van der Waals surface area contributed by atoms with Gasteiger partial charge in [0.25, 0.3) is 0 Å². The van der Waals surface area contributed by atoms with Crippen LogP contribution in [0.25, 0.3) is 0 Å². The van der Waals surface area contributed by atoms with E-state index in [0.29, 0.717) is 34.1 Å². The Labute approximate surface area is 190 Å². The number of hydrogen-bond donors (Lipinski definition) is 1. The van der Waals surface area contributed by atoms with Crippen LogP contribution in [0.15, 0.2) is 77.9 Å². The second-order valence-corrected chi connectivity index (χ2v) is 7.34. The normalized spacial score (nSPS) is 11.1. The smallest absolute Gasteiger partial charge is 0.216 e. The van der Waals surface area contributed by atoms with E-state index in [1.807, 2.05) is 36.4 Å². The van der Waals surface area contributed by atoms with E-state index < -0.39 is 0 Å². The molecule has 4 aromatic rings. The quantitative estimate of drug-likeness (QED) is 0.299. The largest absolute Gasteiger partial charge is 0.493 e. The molecule has 4 rings (SSSR count). The second-order valence-electron chi connectivity index (χ2n) is 6.95. The van der Waals surface area contributed by atoms with Gasteiger partial charge in [-0.1, -0.05) is 48.5 Å². The van der Waals surface area contributed by atoms with Crippen molar-refractivity contribution < 1.29 is 13.9 Å². The fourth-order valence-corrected chi connectivity index (χ4v) is 3.31. The maximum atomic E-state index is 13.8. The lowest BCUT2D eigenvalue weighted by Crippen LogP contribution is -2.01. The number of aromatic amines is 1. The molecule has 0 aliphatic carbocycles. The van der Waals surface area contributed by atoms with Gasteiger partial charge < -0.3 is 9.47 Å². The number of nitrogens with one attached hydrogen (secondary N) is 1. The van der Waals surface area contributed by atoms with Gasteiger partial charge in [0.15, 0.2) is 17.3 Å². The first-order chi connectivity index (χ1) is 15.6. The summed E-state index contributed by atoms with van der Waals surface area (Å²) >= 11 is 5.32. The molecule has 8 heteroatoms. The highest BCUT2D eigenvalue weighted by molar-refractivity contribution is 7.71. The van der Waals surface area contributed by atoms with Crippen LogP contribution in [0.5, 0.6) is 11.5 Å². The summed E-state index contributed by atoms with van der Waals surface area (Å²) in [5, 5.41) is 11.6. The van der Waals surface area contributed by atoms with Gasteiger partial charge in [0, 0.05) is 12.0 Å². The zero-order chi connectivity index (χ0) is 22.3. The third-order valence-corrected chi connectivity index (χ3v) is 5.04. The van der Waals surface area contributed by atoms with Crippen molar-refractivity contribution in [2.24, 2.45) is 5.10 Å². The van der Waals surface area contributed by atoms with E-state index in [9.17, 15) is 4.39 Å². The van der Waals surface area contributed by atoms with Gasteiger partial charge in [-0.3, -0.25) is 5.10 Å². The van der Waals surface area contributed by atoms with Gasteiger partial charge in [-0.25, -0.2) is 4.39 Å². The molecule has 0 unspecified atom stereocenters. The van der Waals surface area contributed by atoms with Crippen LogP contribution in [0.4, 0.5) is 4.39 Å². The third-order valence-electron chi connectivity index (χ3n) is 4.77. The Morgan fingerprint density at radius 1 is 1.06 bits per heavy atom. The van der Waals surface area contributed by atoms with Crippen LogP contribution in [0.2, 0.25) is 0 Å². The monoisotopic (exact) mass is 448 g/mol. The Kier molecular flexibility index (Phi) is 6.72. The van der Waals surface area contributed by atoms with Gasteiger partial charge in [0.05, 0.1) is 13.3 Å². The van der Waals surface area contributed by atoms with Crippen molar-refractivity contribution in [2.75, 3.05) is 7.11 Å². The molecule has 1 heterocycles. The number of ether oxygens (including phenoxy) is 2. The van der Waals surface area contributed by atoms with E-state index in [-0.39, 0.29) is 12.4 Å². The number of nitrogens with zero attached hydrogens (tertiary/aromatic N) is 3. The summed E-state index contributed by atoms with van der Waals surface area (Å²) < 4.78 is 27.0. The molecule has 0 radical (unpaired) electrons. The minimum Gasteiger partial charge on any atom is -0.493 e. The highest BCUT2D eigenvalue weighted by atomic mass is 32.1. The zero-order valence-corrected chi connectivity index (χ0v) is 18.2. The number of benzene rings is 3. The number of aromatic nitrogens is 3. The number of hydrogen-bond acceptors (Lipinski definition) is 5. The maximum absolute atomic E-state index is 13.8. The molecule has 0 fully saturated rings. The molecular weight excluding hydrogens is 427 g/mol. The standard InChI is InChI=1S/C24H21FN4O2S/c1-30-22-13-18(11-12-21(22)31-16-19-9-5-6-10-20(19)25)15-26-29-23(27-28-24(29)32)14-17-7-3-2-4-8-17/h2-13,15H,14,16H2,1H3,(H,28,32)/b26-15-. The Bertz CT molecular complexity index is 1280. The number of H-pyrrole nitrogens is 1. The van der Waals surface area contributed by atoms with E-state index in [1.54, 1.807) is 48.3 Å². The van der Waals surface area contributed by atoms with Crippen molar-refractivity contribution >= 4 is 18.4 Å². The van der Waals surface area contributed by atoms with Crippen molar-refractivity contribution in [1.82, 2.24) is 14.9 Å². The van der Waals surface area contributed by atoms with E-state index in [1.165, 1.54) is 6.07 Å². The van der Waals surface area contributed by atoms with E-state index >= 15 is 0 Å². The molecule has 0 saturated carbocycles. The lowest BCUT2D eigenvalue weighted by molar-refractivity contribution is 0.279. The molecule has 1 aromatic heterocycles. The SMILES string of the molecule is COc1cc(/C=N\n2c(Cc3ccccc3)n[nH]c2=S)ccc1OCc1ccccc1F. The van der Waals surface area contributed by atoms with Crippen LogP contribution in [0, 0.1) is 10.6 Å². The van der Waals surface area contributed by atoms with Crippen molar-refractivity contribution in [3.63, 3.8) is 0 Å². The van der Waals surface area contributed by atoms with Crippen LogP contribution >= 0.6 is 12.2 Å². The minimum absolute atomic E-state index is 0.101. The number of methoxy groups -OCH3 is 1. The van der Waals surface area contributed by atoms with Crippen molar-refractivity contribution in [1.29, 1.82) is 0 Å². The number of rotatable bonds is 8. The lowest BCUT2D eigenvalue weighted by atomic mass is 10.1. The Morgan fingerprint density at radius 2 is 1.84 bits per heavy atom. The van der Waals surface area contributed by atoms with Crippen LogP contribution in [0.1, 0.15) is 22.5 Å². The molecule has 0 atom stereocenters. The topological polar surface area (TPSA) is 64.4 Å². The molecule has 0 spiro atoms. The van der Waals surface area contributed by atoms with Gasteiger partial charge in [-0.2, -0.15) is 14.9 Å². The van der Waals surface area contributed by atoms with Gasteiger partial charge >= 0.3 is 0 Å². The highest BCUT2D eigenvalue weighted by Crippen LogP contribution is 2.28. The summed E-state index contributed by atoms with van der Waals surface area (Å²) in [7, 11) is 1.55. The molecule has 0 bridgehead atoms. The molecule has 0 amide bonds. The first-order valence-electron chi connectivity index (χ1n) is 9.93. The summed E-state index contributed by atoms with van der Waals surface area (Å²) in [4.78, 5) is 0. The van der Waals surface area contributed by atoms with E-state index in [4.69, 9.17) is 21.7 Å². The minimum atomic E-state index is -0.307. The summed E-state index contributed by atoms with van der Waals surface area (Å²) in [6, 6.07) is 21.9. The summed E-state index contributed by atoms with van der Waals surface area (Å²) in [6.07, 6.45) is 2.26. The van der Waals surface area contributed by atoms with E-state index in [0.717, 1.165) is 11.1 Å². The first-order valence-corrected chi connectivity index (χ1v) is 10.3. The third kappa shape index (κ3) is 5.09. The fraction of sp³-hybridized carbons (Fsp3) is 0.125. The Morgan fingerprint density at radius 3 is 2.62 bits per heavy atom. The van der Waals surface area contributed by atoms with Gasteiger partial charge in [0.2, 0.25) is 4.77 Å². The summed E-state index contributed by atoms with van der Waals surface area (Å²) in [5.41, 5.74) is 2.37. The summed E-state index contributed by atoms with van der Waals surface area (Å²) in [5.74, 6) is 1.43. The molecule has 0 saturated heterocycles. The predicted molar refractivity (Wildman–Crippen MR) is 123 cm³/mol. The molecular formula is C24H21FN4O2S. The first kappa shape index (κ1) is 21.5. The molecule has 1 N–H and O–H groups in total. The predicted octanol–water partition coefficient (Wildman–Crippen LogP) is 5.14. The lowest BCUT2D eigenvalue weighted by Gasteiger charge is -2.11. The molecule has 0 aliphatic rings. The fourth-order valence-electron chi connectivity index (χ4n) is 3.12. The Hall–Kier alpha value is -3.78. The molecule has 6 nitrogen and oxygen atoms in total. The van der Waals surface area contributed by atoms with Gasteiger partial charge in [-0.05, 0) is 47.6 Å². The number of halogens is 1. The molecule has 162 valence electrons. The van der Waals surface area contributed by atoms with E-state index in [2.05, 4.69) is 15.3 Å². The average Bonchev–Trinajstić information content (AvgIpc) is 3.17. The van der Waals surface area contributed by atoms with Crippen molar-refractivity contribution in [3.05, 3.63) is 106 Å². The van der Waals surface area contributed by atoms with Crippen LogP contribution in [-0.4, -0.2) is 28.2 Å². The summed E-state index contributed by atoms with van der Waals surface area (Å²) in [6.45, 7) is 0.101. The average molecular weight is 449 g/mol.